The molecular formula is C7H6ClF3N2. The number of alkyl halides is 3. The topological polar surface area (TPSA) is 38.9 Å². The van der Waals surface area contributed by atoms with Gasteiger partial charge in [0.2, 0.25) is 0 Å². The van der Waals surface area contributed by atoms with Crippen LogP contribution in [-0.2, 0) is 12.7 Å². The highest BCUT2D eigenvalue weighted by Gasteiger charge is 2.34. The van der Waals surface area contributed by atoms with E-state index < -0.39 is 11.9 Å². The Morgan fingerprint density at radius 3 is 2.54 bits per heavy atom. The predicted molar refractivity (Wildman–Crippen MR) is 42.1 cm³/mol. The minimum absolute atomic E-state index is 0.0972. The van der Waals surface area contributed by atoms with Crippen molar-refractivity contribution in [2.24, 2.45) is 5.73 Å². The van der Waals surface area contributed by atoms with Crippen molar-refractivity contribution >= 4 is 11.6 Å². The molecule has 0 saturated carbocycles. The van der Waals surface area contributed by atoms with Crippen LogP contribution in [0.25, 0.3) is 0 Å². The number of hydrogen-bond acceptors (Lipinski definition) is 2. The summed E-state index contributed by atoms with van der Waals surface area (Å²) in [7, 11) is 0. The molecule has 0 spiro atoms. The fourth-order valence-electron chi connectivity index (χ4n) is 0.892. The number of halogens is 4. The van der Waals surface area contributed by atoms with E-state index in [1.54, 1.807) is 0 Å². The van der Waals surface area contributed by atoms with E-state index in [0.717, 1.165) is 12.3 Å². The Morgan fingerprint density at radius 2 is 2.08 bits per heavy atom. The monoisotopic (exact) mass is 210 g/mol. The molecule has 1 aromatic rings. The van der Waals surface area contributed by atoms with Crippen LogP contribution in [0.5, 0.6) is 0 Å². The van der Waals surface area contributed by atoms with E-state index in [0.29, 0.717) is 0 Å². The molecule has 0 saturated heterocycles. The van der Waals surface area contributed by atoms with Gasteiger partial charge in [0.15, 0.2) is 0 Å². The average molecular weight is 211 g/mol. The van der Waals surface area contributed by atoms with Crippen molar-refractivity contribution < 1.29 is 13.2 Å². The Kier molecular flexibility index (Phi) is 2.77. The van der Waals surface area contributed by atoms with E-state index in [1.165, 1.54) is 0 Å². The molecule has 0 atom stereocenters. The average Bonchev–Trinajstić information content (AvgIpc) is 2.01. The summed E-state index contributed by atoms with van der Waals surface area (Å²) in [5.41, 5.74) is 4.05. The molecule has 72 valence electrons. The minimum atomic E-state index is -4.47. The fraction of sp³-hybridized carbons (Fsp3) is 0.286. The summed E-state index contributed by atoms with van der Waals surface area (Å²) in [4.78, 5) is 3.18. The molecule has 1 rings (SSSR count). The first-order valence-corrected chi connectivity index (χ1v) is 3.74. The maximum absolute atomic E-state index is 12.2. The highest BCUT2D eigenvalue weighted by atomic mass is 35.5. The summed E-state index contributed by atoms with van der Waals surface area (Å²) in [6, 6.07) is 1.16. The molecule has 0 aliphatic carbocycles. The lowest BCUT2D eigenvalue weighted by Crippen LogP contribution is -2.14. The molecular weight excluding hydrogens is 205 g/mol. The lowest BCUT2D eigenvalue weighted by Gasteiger charge is -2.09. The second-order valence-electron chi connectivity index (χ2n) is 2.36. The fourth-order valence-corrected chi connectivity index (χ4v) is 1.07. The quantitative estimate of drug-likeness (QED) is 0.772. The van der Waals surface area contributed by atoms with Gasteiger partial charge in [0.05, 0.1) is 5.02 Å². The Bertz CT molecular complexity index is 311. The molecule has 1 aromatic heterocycles. The van der Waals surface area contributed by atoms with Crippen molar-refractivity contribution in [3.05, 3.63) is 28.5 Å². The van der Waals surface area contributed by atoms with Crippen molar-refractivity contribution in [1.82, 2.24) is 4.98 Å². The lowest BCUT2D eigenvalue weighted by molar-refractivity contribution is -0.141. The van der Waals surface area contributed by atoms with E-state index in [2.05, 4.69) is 4.98 Å². The summed E-state index contributed by atoms with van der Waals surface area (Å²) < 4.78 is 36.6. The summed E-state index contributed by atoms with van der Waals surface area (Å²) in [6.45, 7) is -0.234. The Hall–Kier alpha value is -0.810. The van der Waals surface area contributed by atoms with Gasteiger partial charge < -0.3 is 5.73 Å². The zero-order chi connectivity index (χ0) is 10.1. The van der Waals surface area contributed by atoms with Crippen molar-refractivity contribution in [3.63, 3.8) is 0 Å². The van der Waals surface area contributed by atoms with Crippen LogP contribution >= 0.6 is 11.6 Å². The number of hydrogen-bond donors (Lipinski definition) is 1. The van der Waals surface area contributed by atoms with Gasteiger partial charge >= 0.3 is 6.18 Å². The summed E-state index contributed by atoms with van der Waals surface area (Å²) in [5, 5.41) is 0.147. The van der Waals surface area contributed by atoms with Gasteiger partial charge in [0, 0.05) is 12.7 Å². The third kappa shape index (κ3) is 2.32. The van der Waals surface area contributed by atoms with E-state index in [9.17, 15) is 13.2 Å². The summed E-state index contributed by atoms with van der Waals surface area (Å²) in [5.74, 6) is 0. The third-order valence-corrected chi connectivity index (χ3v) is 1.63. The first kappa shape index (κ1) is 10.3. The largest absolute Gasteiger partial charge is 0.433 e. The molecule has 0 bridgehead atoms. The molecule has 0 aliphatic heterocycles. The first-order valence-electron chi connectivity index (χ1n) is 3.37. The van der Waals surface area contributed by atoms with Crippen LogP contribution in [0.2, 0.25) is 5.02 Å². The second kappa shape index (κ2) is 3.51. The van der Waals surface area contributed by atoms with Gasteiger partial charge in [-0.25, -0.2) is 4.98 Å². The highest BCUT2D eigenvalue weighted by Crippen LogP contribution is 2.30. The van der Waals surface area contributed by atoms with Gasteiger partial charge in [-0.05, 0) is 11.6 Å². The third-order valence-electron chi connectivity index (χ3n) is 1.42. The van der Waals surface area contributed by atoms with Crippen molar-refractivity contribution in [2.75, 3.05) is 0 Å². The Balaban J connectivity index is 3.22. The van der Waals surface area contributed by atoms with E-state index in [-0.39, 0.29) is 17.1 Å². The lowest BCUT2D eigenvalue weighted by atomic mass is 10.2. The number of pyridine rings is 1. The second-order valence-corrected chi connectivity index (χ2v) is 2.80. The molecule has 2 N–H and O–H groups in total. The van der Waals surface area contributed by atoms with Crippen LogP contribution in [0.4, 0.5) is 13.2 Å². The van der Waals surface area contributed by atoms with Crippen LogP contribution < -0.4 is 5.73 Å². The van der Waals surface area contributed by atoms with Gasteiger partial charge in [0.25, 0.3) is 0 Å². The molecule has 0 aromatic carbocycles. The van der Waals surface area contributed by atoms with Gasteiger partial charge in [0.1, 0.15) is 5.69 Å². The van der Waals surface area contributed by atoms with E-state index in [4.69, 9.17) is 17.3 Å². The number of nitrogens with two attached hydrogens (primary N) is 1. The molecule has 0 radical (unpaired) electrons. The number of aromatic nitrogens is 1. The van der Waals surface area contributed by atoms with E-state index >= 15 is 0 Å². The molecule has 13 heavy (non-hydrogen) atoms. The van der Waals surface area contributed by atoms with Crippen molar-refractivity contribution in [1.29, 1.82) is 0 Å². The summed E-state index contributed by atoms with van der Waals surface area (Å²) in [6.07, 6.45) is -3.52. The molecule has 0 aliphatic rings. The normalized spacial score (nSPS) is 11.8. The maximum Gasteiger partial charge on any atom is 0.433 e. The predicted octanol–water partition coefficient (Wildman–Crippen LogP) is 2.21. The number of rotatable bonds is 1. The molecule has 0 unspecified atom stereocenters. The van der Waals surface area contributed by atoms with E-state index in [1.807, 2.05) is 0 Å². The first-order chi connectivity index (χ1) is 5.95. The van der Waals surface area contributed by atoms with Crippen LogP contribution in [-0.4, -0.2) is 4.98 Å². The zero-order valence-corrected chi connectivity index (χ0v) is 7.15. The van der Waals surface area contributed by atoms with Gasteiger partial charge in [-0.1, -0.05) is 11.6 Å². The van der Waals surface area contributed by atoms with Crippen LogP contribution in [0.15, 0.2) is 12.3 Å². The van der Waals surface area contributed by atoms with Gasteiger partial charge in [-0.2, -0.15) is 13.2 Å². The summed E-state index contributed by atoms with van der Waals surface area (Å²) >= 11 is 5.46. The Morgan fingerprint density at radius 1 is 1.46 bits per heavy atom. The highest BCUT2D eigenvalue weighted by molar-refractivity contribution is 6.30. The van der Waals surface area contributed by atoms with Crippen molar-refractivity contribution in [3.8, 4) is 0 Å². The Labute approximate surface area is 77.5 Å². The SMILES string of the molecule is NCc1cc(Cl)cnc1C(F)(F)F. The standard InChI is InChI=1S/C7H6ClF3N2/c8-5-1-4(2-12)6(13-3-5)7(9,10)11/h1,3H,2,12H2. The number of nitrogens with zero attached hydrogens (tertiary/aromatic N) is 1. The molecule has 0 fully saturated rings. The van der Waals surface area contributed by atoms with Crippen LogP contribution in [0, 0.1) is 0 Å². The molecule has 2 nitrogen and oxygen atoms in total. The zero-order valence-electron chi connectivity index (χ0n) is 6.40. The van der Waals surface area contributed by atoms with Crippen LogP contribution in [0.3, 0.4) is 0 Å². The minimum Gasteiger partial charge on any atom is -0.326 e. The molecule has 6 heteroatoms. The van der Waals surface area contributed by atoms with Crippen LogP contribution in [0.1, 0.15) is 11.3 Å². The van der Waals surface area contributed by atoms with Gasteiger partial charge in [-0.15, -0.1) is 0 Å². The van der Waals surface area contributed by atoms with Crippen molar-refractivity contribution in [2.45, 2.75) is 12.7 Å². The smallest absolute Gasteiger partial charge is 0.326 e. The molecule has 1 heterocycles. The maximum atomic E-state index is 12.2. The molecule has 0 amide bonds. The van der Waals surface area contributed by atoms with Gasteiger partial charge in [-0.3, -0.25) is 0 Å².